The Morgan fingerprint density at radius 1 is 1.29 bits per heavy atom. The van der Waals surface area contributed by atoms with Crippen LogP contribution in [0.5, 0.6) is 0 Å². The standard InChI is InChI=1S/C16H29BrN2O2/c1-4-6-13(9-8-12(2)3)15(20)18-16(21)19-10-5-7-14(17)11-19/h12-14H,4-11H2,1-3H3,(H,18,20,21)/t13-,14+/m0/s1. The maximum Gasteiger partial charge on any atom is 0.324 e. The van der Waals surface area contributed by atoms with Crippen molar-refractivity contribution in [2.75, 3.05) is 13.1 Å². The Kier molecular flexibility index (Phi) is 8.30. The number of nitrogens with zero attached hydrogens (tertiary/aromatic N) is 1. The number of amides is 3. The molecule has 1 N–H and O–H groups in total. The van der Waals surface area contributed by atoms with Crippen molar-refractivity contribution in [3.8, 4) is 0 Å². The molecule has 1 aliphatic heterocycles. The summed E-state index contributed by atoms with van der Waals surface area (Å²) in [6, 6.07) is -0.227. The van der Waals surface area contributed by atoms with E-state index in [0.717, 1.165) is 45.1 Å². The van der Waals surface area contributed by atoms with Gasteiger partial charge in [-0.05, 0) is 31.6 Å². The number of hydrogen-bond donors (Lipinski definition) is 1. The molecule has 0 aromatic carbocycles. The van der Waals surface area contributed by atoms with Gasteiger partial charge in [0.25, 0.3) is 0 Å². The van der Waals surface area contributed by atoms with E-state index in [1.54, 1.807) is 4.90 Å². The molecular formula is C16H29BrN2O2. The highest BCUT2D eigenvalue weighted by molar-refractivity contribution is 9.09. The summed E-state index contributed by atoms with van der Waals surface area (Å²) in [6.07, 6.45) is 5.80. The van der Waals surface area contributed by atoms with E-state index in [4.69, 9.17) is 0 Å². The minimum Gasteiger partial charge on any atom is -0.323 e. The predicted octanol–water partition coefficient (Wildman–Crippen LogP) is 3.93. The van der Waals surface area contributed by atoms with Gasteiger partial charge in [-0.15, -0.1) is 0 Å². The van der Waals surface area contributed by atoms with Gasteiger partial charge in [-0.2, -0.15) is 0 Å². The molecule has 5 heteroatoms. The molecule has 3 amide bonds. The van der Waals surface area contributed by atoms with Gasteiger partial charge in [0.2, 0.25) is 5.91 Å². The summed E-state index contributed by atoms with van der Waals surface area (Å²) in [6.45, 7) is 7.83. The van der Waals surface area contributed by atoms with E-state index in [2.05, 4.69) is 42.0 Å². The van der Waals surface area contributed by atoms with Gasteiger partial charge in [0.15, 0.2) is 0 Å². The second-order valence-electron chi connectivity index (χ2n) is 6.44. The summed E-state index contributed by atoms with van der Waals surface area (Å²) in [5.41, 5.74) is 0. The summed E-state index contributed by atoms with van der Waals surface area (Å²) >= 11 is 3.55. The lowest BCUT2D eigenvalue weighted by Gasteiger charge is -2.30. The van der Waals surface area contributed by atoms with Crippen LogP contribution in [0.4, 0.5) is 4.79 Å². The van der Waals surface area contributed by atoms with Crippen LogP contribution >= 0.6 is 15.9 Å². The largest absolute Gasteiger partial charge is 0.324 e. The summed E-state index contributed by atoms with van der Waals surface area (Å²) in [5, 5.41) is 2.61. The predicted molar refractivity (Wildman–Crippen MR) is 89.5 cm³/mol. The summed E-state index contributed by atoms with van der Waals surface area (Å²) in [4.78, 5) is 26.6. The van der Waals surface area contributed by atoms with Gasteiger partial charge in [-0.1, -0.05) is 49.5 Å². The van der Waals surface area contributed by atoms with Crippen molar-refractivity contribution in [3.63, 3.8) is 0 Å². The number of likely N-dealkylation sites (tertiary alicyclic amines) is 1. The molecule has 21 heavy (non-hydrogen) atoms. The molecule has 0 radical (unpaired) electrons. The number of urea groups is 1. The van der Waals surface area contributed by atoms with E-state index < -0.39 is 0 Å². The topological polar surface area (TPSA) is 49.4 Å². The molecule has 1 heterocycles. The van der Waals surface area contributed by atoms with E-state index in [1.807, 2.05) is 0 Å². The SMILES string of the molecule is CCC[C@@H](CCC(C)C)C(=O)NC(=O)N1CCC[C@@H](Br)C1. The Morgan fingerprint density at radius 3 is 2.57 bits per heavy atom. The number of carbonyl (C=O) groups is 2. The fourth-order valence-corrected chi connectivity index (χ4v) is 3.36. The minimum atomic E-state index is -0.227. The van der Waals surface area contributed by atoms with Crippen LogP contribution in [0.15, 0.2) is 0 Å². The number of nitrogens with one attached hydrogen (secondary N) is 1. The average molecular weight is 361 g/mol. The third-order valence-corrected chi connectivity index (χ3v) is 4.73. The first-order valence-electron chi connectivity index (χ1n) is 8.17. The van der Waals surface area contributed by atoms with E-state index in [1.165, 1.54) is 0 Å². The van der Waals surface area contributed by atoms with Crippen molar-refractivity contribution in [2.24, 2.45) is 11.8 Å². The summed E-state index contributed by atoms with van der Waals surface area (Å²) in [7, 11) is 0. The number of hydrogen-bond acceptors (Lipinski definition) is 2. The molecule has 122 valence electrons. The second-order valence-corrected chi connectivity index (χ2v) is 7.73. The molecule has 0 spiro atoms. The maximum absolute atomic E-state index is 12.3. The van der Waals surface area contributed by atoms with Gasteiger partial charge < -0.3 is 4.90 Å². The molecule has 0 aliphatic carbocycles. The normalized spacial score (nSPS) is 20.4. The number of alkyl halides is 1. The lowest BCUT2D eigenvalue weighted by atomic mass is 9.93. The molecule has 2 atom stereocenters. The molecular weight excluding hydrogens is 332 g/mol. The molecule has 1 rings (SSSR count). The zero-order valence-electron chi connectivity index (χ0n) is 13.5. The number of piperidine rings is 1. The van der Waals surface area contributed by atoms with Gasteiger partial charge in [-0.3, -0.25) is 10.1 Å². The molecule has 0 bridgehead atoms. The molecule has 0 unspecified atom stereocenters. The molecule has 0 aromatic rings. The Hall–Kier alpha value is -0.580. The molecule has 1 fully saturated rings. The Balaban J connectivity index is 2.48. The van der Waals surface area contributed by atoms with Crippen molar-refractivity contribution in [2.45, 2.75) is 64.1 Å². The molecule has 0 saturated carbocycles. The fraction of sp³-hybridized carbons (Fsp3) is 0.875. The fourth-order valence-electron chi connectivity index (χ4n) is 2.69. The number of imide groups is 1. The molecule has 1 saturated heterocycles. The van der Waals surface area contributed by atoms with Crippen LogP contribution in [0.1, 0.15) is 59.3 Å². The Morgan fingerprint density at radius 2 is 2.00 bits per heavy atom. The minimum absolute atomic E-state index is 0.0362. The maximum atomic E-state index is 12.3. The second kappa shape index (κ2) is 9.44. The van der Waals surface area contributed by atoms with E-state index >= 15 is 0 Å². The van der Waals surface area contributed by atoms with Gasteiger partial charge in [0, 0.05) is 23.8 Å². The van der Waals surface area contributed by atoms with Gasteiger partial charge in [0.1, 0.15) is 0 Å². The van der Waals surface area contributed by atoms with Gasteiger partial charge >= 0.3 is 6.03 Å². The van der Waals surface area contributed by atoms with E-state index in [0.29, 0.717) is 17.3 Å². The third kappa shape index (κ3) is 6.81. The summed E-state index contributed by atoms with van der Waals surface area (Å²) < 4.78 is 0. The lowest BCUT2D eigenvalue weighted by molar-refractivity contribution is -0.124. The zero-order chi connectivity index (χ0) is 15.8. The van der Waals surface area contributed by atoms with Crippen LogP contribution < -0.4 is 5.32 Å². The highest BCUT2D eigenvalue weighted by atomic mass is 79.9. The van der Waals surface area contributed by atoms with Crippen molar-refractivity contribution >= 4 is 27.9 Å². The van der Waals surface area contributed by atoms with Crippen LogP contribution in [0, 0.1) is 11.8 Å². The zero-order valence-corrected chi connectivity index (χ0v) is 15.1. The van der Waals surface area contributed by atoms with Crippen LogP contribution in [0.25, 0.3) is 0 Å². The van der Waals surface area contributed by atoms with Crippen LogP contribution in [-0.2, 0) is 4.79 Å². The van der Waals surface area contributed by atoms with Crippen molar-refractivity contribution in [3.05, 3.63) is 0 Å². The number of carbonyl (C=O) groups excluding carboxylic acids is 2. The van der Waals surface area contributed by atoms with E-state index in [9.17, 15) is 9.59 Å². The van der Waals surface area contributed by atoms with Crippen LogP contribution in [-0.4, -0.2) is 34.8 Å². The highest BCUT2D eigenvalue weighted by Gasteiger charge is 2.25. The Labute approximate surface area is 137 Å². The first-order chi connectivity index (χ1) is 9.93. The summed E-state index contributed by atoms with van der Waals surface area (Å²) in [5.74, 6) is 0.453. The number of halogens is 1. The quantitative estimate of drug-likeness (QED) is 0.729. The Bertz CT molecular complexity index is 347. The third-order valence-electron chi connectivity index (χ3n) is 3.98. The molecule has 0 aromatic heterocycles. The van der Waals surface area contributed by atoms with Crippen LogP contribution in [0.3, 0.4) is 0 Å². The van der Waals surface area contributed by atoms with Gasteiger partial charge in [0.05, 0.1) is 0 Å². The average Bonchev–Trinajstić information content (AvgIpc) is 2.43. The van der Waals surface area contributed by atoms with Crippen molar-refractivity contribution < 1.29 is 9.59 Å². The van der Waals surface area contributed by atoms with Crippen LogP contribution in [0.2, 0.25) is 0 Å². The first kappa shape index (κ1) is 18.5. The van der Waals surface area contributed by atoms with Gasteiger partial charge in [-0.25, -0.2) is 4.79 Å². The molecule has 4 nitrogen and oxygen atoms in total. The van der Waals surface area contributed by atoms with Crippen molar-refractivity contribution in [1.82, 2.24) is 10.2 Å². The van der Waals surface area contributed by atoms with Crippen molar-refractivity contribution in [1.29, 1.82) is 0 Å². The molecule has 1 aliphatic rings. The first-order valence-corrected chi connectivity index (χ1v) is 9.09. The monoisotopic (exact) mass is 360 g/mol. The number of rotatable bonds is 6. The van der Waals surface area contributed by atoms with E-state index in [-0.39, 0.29) is 17.9 Å². The smallest absolute Gasteiger partial charge is 0.323 e. The lowest BCUT2D eigenvalue weighted by Crippen LogP contribution is -2.49. The highest BCUT2D eigenvalue weighted by Crippen LogP contribution is 2.19.